The largest absolute Gasteiger partial charge is 0.324 e. The molecule has 2 amide bonds. The van der Waals surface area contributed by atoms with E-state index in [1.165, 1.54) is 11.8 Å². The second-order valence-corrected chi connectivity index (χ2v) is 6.78. The first kappa shape index (κ1) is 14.4. The van der Waals surface area contributed by atoms with Crippen LogP contribution in [0.1, 0.15) is 10.4 Å². The SMILES string of the molecule is O=C1CSc2ccc(C(=O)Nc3cccc(I)c3)cc2N1. The number of benzene rings is 2. The van der Waals surface area contributed by atoms with E-state index in [4.69, 9.17) is 0 Å². The zero-order valence-corrected chi connectivity index (χ0v) is 13.8. The van der Waals surface area contributed by atoms with Crippen molar-refractivity contribution in [2.45, 2.75) is 4.90 Å². The van der Waals surface area contributed by atoms with E-state index in [1.54, 1.807) is 12.1 Å². The van der Waals surface area contributed by atoms with Gasteiger partial charge in [-0.25, -0.2) is 0 Å². The third-order valence-electron chi connectivity index (χ3n) is 2.96. The van der Waals surface area contributed by atoms with Crippen LogP contribution in [0.2, 0.25) is 0 Å². The van der Waals surface area contributed by atoms with Crippen molar-refractivity contribution in [3.8, 4) is 0 Å². The number of halogens is 1. The van der Waals surface area contributed by atoms with Crippen LogP contribution >= 0.6 is 34.4 Å². The highest BCUT2D eigenvalue weighted by Crippen LogP contribution is 2.32. The number of hydrogen-bond acceptors (Lipinski definition) is 3. The fourth-order valence-corrected chi connectivity index (χ4v) is 3.33. The molecule has 4 nitrogen and oxygen atoms in total. The second-order valence-electron chi connectivity index (χ2n) is 4.51. The molecule has 2 N–H and O–H groups in total. The van der Waals surface area contributed by atoms with Gasteiger partial charge in [0.15, 0.2) is 0 Å². The number of carbonyl (C=O) groups excluding carboxylic acids is 2. The predicted octanol–water partition coefficient (Wildman–Crippen LogP) is 3.59. The van der Waals surface area contributed by atoms with Crippen LogP contribution < -0.4 is 10.6 Å². The Hall–Kier alpha value is -1.54. The maximum Gasteiger partial charge on any atom is 0.255 e. The number of anilines is 2. The van der Waals surface area contributed by atoms with E-state index < -0.39 is 0 Å². The Balaban J connectivity index is 1.82. The molecule has 2 aromatic carbocycles. The number of hydrogen-bond donors (Lipinski definition) is 2. The molecule has 0 fully saturated rings. The minimum absolute atomic E-state index is 0.0392. The topological polar surface area (TPSA) is 58.2 Å². The van der Waals surface area contributed by atoms with Crippen molar-refractivity contribution in [2.75, 3.05) is 16.4 Å². The smallest absolute Gasteiger partial charge is 0.255 e. The Kier molecular flexibility index (Phi) is 4.16. The van der Waals surface area contributed by atoms with Gasteiger partial charge in [0.1, 0.15) is 0 Å². The highest BCUT2D eigenvalue weighted by molar-refractivity contribution is 14.1. The van der Waals surface area contributed by atoms with Crippen molar-refractivity contribution in [1.82, 2.24) is 0 Å². The van der Waals surface area contributed by atoms with Gasteiger partial charge in [-0.3, -0.25) is 9.59 Å². The molecule has 0 spiro atoms. The molecule has 0 saturated heterocycles. The molecular weight excluding hydrogens is 399 g/mol. The van der Waals surface area contributed by atoms with E-state index in [0.29, 0.717) is 17.0 Å². The highest BCUT2D eigenvalue weighted by atomic mass is 127. The first-order valence-electron chi connectivity index (χ1n) is 6.25. The molecule has 106 valence electrons. The zero-order chi connectivity index (χ0) is 14.8. The number of thioether (sulfide) groups is 1. The molecule has 6 heteroatoms. The maximum absolute atomic E-state index is 12.3. The van der Waals surface area contributed by atoms with Gasteiger partial charge in [-0.15, -0.1) is 11.8 Å². The summed E-state index contributed by atoms with van der Waals surface area (Å²) in [5.41, 5.74) is 1.98. The Labute approximate surface area is 139 Å². The number of amides is 2. The summed E-state index contributed by atoms with van der Waals surface area (Å²) in [4.78, 5) is 24.6. The molecule has 21 heavy (non-hydrogen) atoms. The molecule has 0 unspecified atom stereocenters. The number of fused-ring (bicyclic) bond motifs is 1. The monoisotopic (exact) mass is 410 g/mol. The summed E-state index contributed by atoms with van der Waals surface area (Å²) in [7, 11) is 0. The van der Waals surface area contributed by atoms with Crippen molar-refractivity contribution in [2.24, 2.45) is 0 Å². The van der Waals surface area contributed by atoms with Crippen molar-refractivity contribution >= 4 is 57.5 Å². The van der Waals surface area contributed by atoms with Gasteiger partial charge in [0.25, 0.3) is 5.91 Å². The zero-order valence-electron chi connectivity index (χ0n) is 10.9. The highest BCUT2D eigenvalue weighted by Gasteiger charge is 2.17. The number of nitrogens with one attached hydrogen (secondary N) is 2. The summed E-state index contributed by atoms with van der Waals surface area (Å²) in [5, 5.41) is 5.64. The molecule has 0 atom stereocenters. The molecule has 0 bridgehead atoms. The minimum Gasteiger partial charge on any atom is -0.324 e. The molecule has 1 aliphatic rings. The molecule has 0 aromatic heterocycles. The fourth-order valence-electron chi connectivity index (χ4n) is 1.99. The van der Waals surface area contributed by atoms with Crippen LogP contribution in [0.25, 0.3) is 0 Å². The third-order valence-corrected chi connectivity index (χ3v) is 4.70. The molecule has 1 heterocycles. The van der Waals surface area contributed by atoms with Crippen LogP contribution in [0.4, 0.5) is 11.4 Å². The summed E-state index contributed by atoms with van der Waals surface area (Å²) in [6.45, 7) is 0. The molecule has 1 aliphatic heterocycles. The van der Waals surface area contributed by atoms with Crippen LogP contribution in [0.3, 0.4) is 0 Å². The standard InChI is InChI=1S/C15H11IN2O2S/c16-10-2-1-3-11(7-10)17-15(20)9-4-5-13-12(6-9)18-14(19)8-21-13/h1-7H,8H2,(H,17,20)(H,18,19). The first-order chi connectivity index (χ1) is 10.1. The van der Waals surface area contributed by atoms with E-state index >= 15 is 0 Å². The van der Waals surface area contributed by atoms with Crippen molar-refractivity contribution in [3.63, 3.8) is 0 Å². The van der Waals surface area contributed by atoms with Gasteiger partial charge in [0, 0.05) is 19.7 Å². The average molecular weight is 410 g/mol. The van der Waals surface area contributed by atoms with Gasteiger partial charge < -0.3 is 10.6 Å². The van der Waals surface area contributed by atoms with E-state index in [-0.39, 0.29) is 11.8 Å². The van der Waals surface area contributed by atoms with Gasteiger partial charge in [-0.2, -0.15) is 0 Å². The van der Waals surface area contributed by atoms with Gasteiger partial charge >= 0.3 is 0 Å². The van der Waals surface area contributed by atoms with Crippen LogP contribution in [0, 0.1) is 3.57 Å². The van der Waals surface area contributed by atoms with E-state index in [2.05, 4.69) is 33.2 Å². The van der Waals surface area contributed by atoms with E-state index in [1.807, 2.05) is 30.3 Å². The lowest BCUT2D eigenvalue weighted by molar-refractivity contribution is -0.113. The summed E-state index contributed by atoms with van der Waals surface area (Å²) in [5.74, 6) is 0.188. The third kappa shape index (κ3) is 3.38. The van der Waals surface area contributed by atoms with Gasteiger partial charge in [-0.1, -0.05) is 6.07 Å². The Morgan fingerprint density at radius 3 is 2.90 bits per heavy atom. The van der Waals surface area contributed by atoms with Gasteiger partial charge in [0.2, 0.25) is 5.91 Å². The molecular formula is C15H11IN2O2S. The molecule has 2 aromatic rings. The Morgan fingerprint density at radius 2 is 2.10 bits per heavy atom. The Bertz CT molecular complexity index is 733. The number of rotatable bonds is 2. The molecule has 3 rings (SSSR count). The van der Waals surface area contributed by atoms with E-state index in [0.717, 1.165) is 14.2 Å². The maximum atomic E-state index is 12.3. The quantitative estimate of drug-likeness (QED) is 0.745. The fraction of sp³-hybridized carbons (Fsp3) is 0.0667. The van der Waals surface area contributed by atoms with Gasteiger partial charge in [0.05, 0.1) is 11.4 Å². The summed E-state index contributed by atoms with van der Waals surface area (Å²) in [6.07, 6.45) is 0. The van der Waals surface area contributed by atoms with Crippen molar-refractivity contribution in [3.05, 3.63) is 51.6 Å². The van der Waals surface area contributed by atoms with Crippen molar-refractivity contribution < 1.29 is 9.59 Å². The minimum atomic E-state index is -0.190. The van der Waals surface area contributed by atoms with Crippen LogP contribution in [0.15, 0.2) is 47.4 Å². The Morgan fingerprint density at radius 1 is 1.24 bits per heavy atom. The molecule has 0 aliphatic carbocycles. The van der Waals surface area contributed by atoms with Crippen LogP contribution in [-0.2, 0) is 4.79 Å². The van der Waals surface area contributed by atoms with Gasteiger partial charge in [-0.05, 0) is 59.0 Å². The number of carbonyl (C=O) groups is 2. The summed E-state index contributed by atoms with van der Waals surface area (Å²) >= 11 is 3.67. The molecule has 0 saturated carbocycles. The van der Waals surface area contributed by atoms with Crippen LogP contribution in [0.5, 0.6) is 0 Å². The average Bonchev–Trinajstić information content (AvgIpc) is 2.46. The first-order valence-corrected chi connectivity index (χ1v) is 8.32. The second kappa shape index (κ2) is 6.07. The van der Waals surface area contributed by atoms with Crippen molar-refractivity contribution in [1.29, 1.82) is 0 Å². The predicted molar refractivity (Wildman–Crippen MR) is 92.9 cm³/mol. The summed E-state index contributed by atoms with van der Waals surface area (Å²) < 4.78 is 1.06. The lowest BCUT2D eigenvalue weighted by Gasteiger charge is -2.17. The van der Waals surface area contributed by atoms with E-state index in [9.17, 15) is 9.59 Å². The molecule has 0 radical (unpaired) electrons. The lowest BCUT2D eigenvalue weighted by atomic mass is 10.1. The summed E-state index contributed by atoms with van der Waals surface area (Å²) in [6, 6.07) is 12.9. The normalized spacial score (nSPS) is 13.3. The van der Waals surface area contributed by atoms with Crippen LogP contribution in [-0.4, -0.2) is 17.6 Å². The lowest BCUT2D eigenvalue weighted by Crippen LogP contribution is -2.19.